The minimum absolute atomic E-state index is 0.0549. The SMILES string of the molecule is O=S(=O)(c1ccc2c(c1)OCCO2)N1CCn2cccc2C1c1ccc(F)c(F)c1. The normalized spacial score (nSPS) is 18.8. The Hall–Kier alpha value is -2.91. The molecule has 0 spiro atoms. The molecule has 2 aromatic carbocycles. The first-order chi connectivity index (χ1) is 14.4. The highest BCUT2D eigenvalue weighted by Crippen LogP contribution is 2.39. The van der Waals surface area contributed by atoms with Crippen molar-refractivity contribution in [2.75, 3.05) is 19.8 Å². The lowest BCUT2D eigenvalue weighted by Gasteiger charge is -2.36. The molecule has 3 heterocycles. The molecule has 1 aromatic heterocycles. The van der Waals surface area contributed by atoms with Gasteiger partial charge in [0.2, 0.25) is 10.0 Å². The topological polar surface area (TPSA) is 60.8 Å². The van der Waals surface area contributed by atoms with Crippen LogP contribution in [0.3, 0.4) is 0 Å². The fourth-order valence-corrected chi connectivity index (χ4v) is 5.56. The van der Waals surface area contributed by atoms with Crippen molar-refractivity contribution >= 4 is 10.0 Å². The van der Waals surface area contributed by atoms with E-state index in [0.717, 1.165) is 12.1 Å². The summed E-state index contributed by atoms with van der Waals surface area (Å²) in [6.07, 6.45) is 1.84. The summed E-state index contributed by atoms with van der Waals surface area (Å²) in [6, 6.07) is 10.8. The summed E-state index contributed by atoms with van der Waals surface area (Å²) in [5, 5.41) is 0. The van der Waals surface area contributed by atoms with Gasteiger partial charge in [-0.15, -0.1) is 0 Å². The molecule has 6 nitrogen and oxygen atoms in total. The molecule has 3 aromatic rings. The third-order valence-corrected chi connectivity index (χ3v) is 7.23. The molecule has 0 fully saturated rings. The molecule has 2 aliphatic heterocycles. The standard InChI is InChI=1S/C21H18F2N2O4S/c22-16-5-3-14(12-17(16)23)21-18-2-1-7-24(18)8-9-25(21)30(26,27)15-4-6-19-20(13-15)29-11-10-28-19/h1-7,12-13,21H,8-11H2. The van der Waals surface area contributed by atoms with E-state index in [1.54, 1.807) is 12.1 Å². The lowest BCUT2D eigenvalue weighted by atomic mass is 10.0. The Kier molecular flexibility index (Phi) is 4.52. The third-order valence-electron chi connectivity index (χ3n) is 5.37. The van der Waals surface area contributed by atoms with E-state index in [9.17, 15) is 17.2 Å². The summed E-state index contributed by atoms with van der Waals surface area (Å²) in [4.78, 5) is 0.0549. The van der Waals surface area contributed by atoms with Crippen LogP contribution in [-0.4, -0.2) is 37.0 Å². The zero-order valence-electron chi connectivity index (χ0n) is 15.8. The zero-order valence-corrected chi connectivity index (χ0v) is 16.6. The van der Waals surface area contributed by atoms with Crippen LogP contribution in [0.25, 0.3) is 0 Å². The van der Waals surface area contributed by atoms with E-state index < -0.39 is 27.7 Å². The number of rotatable bonds is 3. The third kappa shape index (κ3) is 3.05. The molecule has 5 rings (SSSR count). The van der Waals surface area contributed by atoms with Crippen molar-refractivity contribution in [3.63, 3.8) is 0 Å². The number of hydrogen-bond acceptors (Lipinski definition) is 4. The summed E-state index contributed by atoms with van der Waals surface area (Å²) >= 11 is 0. The lowest BCUT2D eigenvalue weighted by molar-refractivity contribution is 0.171. The van der Waals surface area contributed by atoms with Crippen LogP contribution in [0.1, 0.15) is 17.3 Å². The van der Waals surface area contributed by atoms with Gasteiger partial charge < -0.3 is 14.0 Å². The van der Waals surface area contributed by atoms with Gasteiger partial charge in [0, 0.05) is 31.0 Å². The molecular weight excluding hydrogens is 414 g/mol. The minimum atomic E-state index is -3.97. The molecule has 1 unspecified atom stereocenters. The second kappa shape index (κ2) is 7.10. The average Bonchev–Trinajstić information content (AvgIpc) is 3.23. The summed E-state index contributed by atoms with van der Waals surface area (Å²) in [5.41, 5.74) is 1.04. The highest BCUT2D eigenvalue weighted by molar-refractivity contribution is 7.89. The number of sulfonamides is 1. The molecule has 9 heteroatoms. The average molecular weight is 432 g/mol. The quantitative estimate of drug-likeness (QED) is 0.637. The molecule has 0 radical (unpaired) electrons. The maximum absolute atomic E-state index is 14.0. The molecule has 1 atom stereocenters. The number of halogens is 2. The van der Waals surface area contributed by atoms with Gasteiger partial charge in [-0.05, 0) is 42.0 Å². The van der Waals surface area contributed by atoms with Gasteiger partial charge in [-0.2, -0.15) is 4.31 Å². The van der Waals surface area contributed by atoms with Crippen molar-refractivity contribution in [1.29, 1.82) is 0 Å². The van der Waals surface area contributed by atoms with Crippen molar-refractivity contribution in [2.45, 2.75) is 17.5 Å². The molecule has 0 aliphatic carbocycles. The predicted molar refractivity (Wildman–Crippen MR) is 104 cm³/mol. The Bertz CT molecular complexity index is 1230. The van der Waals surface area contributed by atoms with Gasteiger partial charge >= 0.3 is 0 Å². The highest BCUT2D eigenvalue weighted by Gasteiger charge is 2.38. The molecule has 0 bridgehead atoms. The second-order valence-corrected chi connectivity index (χ2v) is 9.01. The minimum Gasteiger partial charge on any atom is -0.486 e. The zero-order chi connectivity index (χ0) is 20.9. The monoisotopic (exact) mass is 432 g/mol. The van der Waals surface area contributed by atoms with Gasteiger partial charge in [0.15, 0.2) is 23.1 Å². The van der Waals surface area contributed by atoms with Crippen molar-refractivity contribution in [1.82, 2.24) is 8.87 Å². The number of hydrogen-bond donors (Lipinski definition) is 0. The Labute approximate surface area is 172 Å². The first kappa shape index (κ1) is 19.1. The number of nitrogens with zero attached hydrogens (tertiary/aromatic N) is 2. The van der Waals surface area contributed by atoms with Crippen molar-refractivity contribution in [3.8, 4) is 11.5 Å². The van der Waals surface area contributed by atoms with Crippen LogP contribution in [0.5, 0.6) is 11.5 Å². The van der Waals surface area contributed by atoms with Crippen LogP contribution < -0.4 is 9.47 Å². The van der Waals surface area contributed by atoms with Crippen LogP contribution in [0.4, 0.5) is 8.78 Å². The summed E-state index contributed by atoms with van der Waals surface area (Å²) in [5.74, 6) is -1.14. The van der Waals surface area contributed by atoms with E-state index in [1.807, 2.05) is 16.8 Å². The van der Waals surface area contributed by atoms with Gasteiger partial charge in [-0.1, -0.05) is 6.07 Å². The number of aromatic nitrogens is 1. The van der Waals surface area contributed by atoms with E-state index in [2.05, 4.69) is 0 Å². The molecule has 2 aliphatic rings. The van der Waals surface area contributed by atoms with Crippen LogP contribution in [-0.2, 0) is 16.6 Å². The smallest absolute Gasteiger partial charge is 0.244 e. The van der Waals surface area contributed by atoms with Gasteiger partial charge in [0.25, 0.3) is 0 Å². The van der Waals surface area contributed by atoms with Crippen LogP contribution in [0.2, 0.25) is 0 Å². The summed E-state index contributed by atoms with van der Waals surface area (Å²) in [7, 11) is -3.97. The Morgan fingerprint density at radius 2 is 1.70 bits per heavy atom. The lowest BCUT2D eigenvalue weighted by Crippen LogP contribution is -2.42. The first-order valence-corrected chi connectivity index (χ1v) is 10.9. The fraction of sp³-hybridized carbons (Fsp3) is 0.238. The van der Waals surface area contributed by atoms with Gasteiger partial charge in [0.05, 0.1) is 10.9 Å². The maximum atomic E-state index is 14.0. The summed E-state index contributed by atoms with van der Waals surface area (Å²) < 4.78 is 68.9. The molecule has 0 amide bonds. The van der Waals surface area contributed by atoms with Crippen molar-refractivity contribution < 1.29 is 26.7 Å². The molecule has 0 saturated heterocycles. The van der Waals surface area contributed by atoms with E-state index in [0.29, 0.717) is 42.5 Å². The van der Waals surface area contributed by atoms with E-state index in [-0.39, 0.29) is 11.4 Å². The predicted octanol–water partition coefficient (Wildman–Crippen LogP) is 3.33. The van der Waals surface area contributed by atoms with Crippen LogP contribution in [0, 0.1) is 11.6 Å². The van der Waals surface area contributed by atoms with Crippen molar-refractivity contribution in [2.24, 2.45) is 0 Å². The number of fused-ring (bicyclic) bond motifs is 2. The highest BCUT2D eigenvalue weighted by atomic mass is 32.2. The Morgan fingerprint density at radius 1 is 0.900 bits per heavy atom. The van der Waals surface area contributed by atoms with Crippen LogP contribution >= 0.6 is 0 Å². The molecule has 0 saturated carbocycles. The molecule has 30 heavy (non-hydrogen) atoms. The Balaban J connectivity index is 1.61. The van der Waals surface area contributed by atoms with Crippen LogP contribution in [0.15, 0.2) is 59.6 Å². The largest absolute Gasteiger partial charge is 0.486 e. The first-order valence-electron chi connectivity index (χ1n) is 9.46. The van der Waals surface area contributed by atoms with E-state index in [4.69, 9.17) is 9.47 Å². The summed E-state index contributed by atoms with van der Waals surface area (Å²) in [6.45, 7) is 1.38. The van der Waals surface area contributed by atoms with E-state index in [1.165, 1.54) is 22.5 Å². The number of benzene rings is 2. The fourth-order valence-electron chi connectivity index (χ4n) is 3.96. The number of ether oxygens (including phenoxy) is 2. The van der Waals surface area contributed by atoms with E-state index >= 15 is 0 Å². The van der Waals surface area contributed by atoms with Gasteiger partial charge in [0.1, 0.15) is 13.2 Å². The molecular formula is C21H18F2N2O4S. The maximum Gasteiger partial charge on any atom is 0.244 e. The van der Waals surface area contributed by atoms with Gasteiger partial charge in [-0.3, -0.25) is 0 Å². The Morgan fingerprint density at radius 3 is 2.50 bits per heavy atom. The molecule has 156 valence electrons. The molecule has 0 N–H and O–H groups in total. The van der Waals surface area contributed by atoms with Gasteiger partial charge in [-0.25, -0.2) is 17.2 Å². The second-order valence-electron chi connectivity index (χ2n) is 7.12. The van der Waals surface area contributed by atoms with Crippen molar-refractivity contribution in [3.05, 3.63) is 77.6 Å².